The molecule has 0 unspecified atom stereocenters. The number of methoxy groups -OCH3 is 1. The van der Waals surface area contributed by atoms with Crippen LogP contribution < -0.4 is 5.32 Å². The van der Waals surface area contributed by atoms with Gasteiger partial charge in [-0.2, -0.15) is 0 Å². The lowest BCUT2D eigenvalue weighted by Crippen LogP contribution is -2.26. The second kappa shape index (κ2) is 7.33. The van der Waals surface area contributed by atoms with E-state index in [9.17, 15) is 0 Å². The van der Waals surface area contributed by atoms with E-state index in [1.54, 1.807) is 18.4 Å². The molecule has 2 aromatic rings. The highest BCUT2D eigenvalue weighted by atomic mass is 32.1. The smallest absolute Gasteiger partial charge is 0.119 e. The third-order valence-corrected chi connectivity index (χ3v) is 5.33. The van der Waals surface area contributed by atoms with Gasteiger partial charge in [0.25, 0.3) is 0 Å². The summed E-state index contributed by atoms with van der Waals surface area (Å²) in [5, 5.41) is 6.72. The van der Waals surface area contributed by atoms with E-state index in [1.165, 1.54) is 24.4 Å². The molecule has 0 amide bonds. The van der Waals surface area contributed by atoms with Crippen molar-refractivity contribution in [3.63, 3.8) is 0 Å². The number of fused-ring (bicyclic) bond motifs is 1. The molecule has 6 heteroatoms. The number of aryl methyl sites for hydroxylation is 1. The van der Waals surface area contributed by atoms with Crippen molar-refractivity contribution in [2.75, 3.05) is 13.7 Å². The third-order valence-electron chi connectivity index (χ3n) is 4.46. The summed E-state index contributed by atoms with van der Waals surface area (Å²) >= 11 is 1.66. The Kier molecular flexibility index (Phi) is 5.37. The largest absolute Gasteiger partial charge is 0.378 e. The van der Waals surface area contributed by atoms with Crippen LogP contribution in [0, 0.1) is 0 Å². The van der Waals surface area contributed by atoms with Gasteiger partial charge in [0.05, 0.1) is 18.0 Å². The molecule has 0 saturated carbocycles. The maximum atomic E-state index is 5.13. The van der Waals surface area contributed by atoms with Crippen LogP contribution in [0.1, 0.15) is 61.8 Å². The minimum atomic E-state index is 0.112. The summed E-state index contributed by atoms with van der Waals surface area (Å²) in [5.41, 5.74) is 2.41. The van der Waals surface area contributed by atoms with Gasteiger partial charge < -0.3 is 14.6 Å². The zero-order valence-electron chi connectivity index (χ0n) is 15.1. The number of hydrogen-bond donors (Lipinski definition) is 1. The van der Waals surface area contributed by atoms with E-state index in [0.29, 0.717) is 12.5 Å². The van der Waals surface area contributed by atoms with Crippen LogP contribution in [0.4, 0.5) is 0 Å². The van der Waals surface area contributed by atoms with Gasteiger partial charge in [-0.1, -0.05) is 20.8 Å². The van der Waals surface area contributed by atoms with Crippen LogP contribution in [0.25, 0.3) is 0 Å². The Morgan fingerprint density at radius 2 is 2.21 bits per heavy atom. The number of ether oxygens (including phenoxy) is 1. The molecule has 0 aliphatic carbocycles. The lowest BCUT2D eigenvalue weighted by atomic mass is 9.93. The van der Waals surface area contributed by atoms with E-state index in [4.69, 9.17) is 9.72 Å². The molecule has 1 atom stereocenters. The van der Waals surface area contributed by atoms with Gasteiger partial charge in [0.15, 0.2) is 0 Å². The van der Waals surface area contributed by atoms with E-state index < -0.39 is 0 Å². The fourth-order valence-corrected chi connectivity index (χ4v) is 3.89. The van der Waals surface area contributed by atoms with Gasteiger partial charge in [0.2, 0.25) is 0 Å². The Balaban J connectivity index is 1.59. The fraction of sp³-hybridized carbons (Fsp3) is 0.667. The van der Waals surface area contributed by atoms with Crippen molar-refractivity contribution in [3.8, 4) is 0 Å². The molecule has 1 aliphatic heterocycles. The molecular weight excluding hydrogens is 320 g/mol. The van der Waals surface area contributed by atoms with Gasteiger partial charge in [0.1, 0.15) is 10.8 Å². The SMILES string of the molecule is COCc1nc(CNC[C@H]2CCCn3cc(C(C)(C)C)nc32)cs1. The number of rotatable bonds is 6. The predicted molar refractivity (Wildman–Crippen MR) is 97.4 cm³/mol. The average Bonchev–Trinajstić information content (AvgIpc) is 3.14. The van der Waals surface area contributed by atoms with Crippen molar-refractivity contribution in [3.05, 3.63) is 33.8 Å². The lowest BCUT2D eigenvalue weighted by Gasteiger charge is -2.23. The molecule has 5 nitrogen and oxygen atoms in total. The molecule has 0 spiro atoms. The Hall–Kier alpha value is -1.24. The monoisotopic (exact) mass is 348 g/mol. The van der Waals surface area contributed by atoms with E-state index in [-0.39, 0.29) is 5.41 Å². The first-order valence-electron chi connectivity index (χ1n) is 8.68. The van der Waals surface area contributed by atoms with Crippen LogP contribution >= 0.6 is 11.3 Å². The molecule has 0 saturated heterocycles. The van der Waals surface area contributed by atoms with Crippen molar-refractivity contribution < 1.29 is 4.74 Å². The first-order valence-corrected chi connectivity index (χ1v) is 9.56. The molecule has 3 heterocycles. The minimum absolute atomic E-state index is 0.112. The van der Waals surface area contributed by atoms with Crippen LogP contribution in [0.2, 0.25) is 0 Å². The second-order valence-electron chi connectivity index (χ2n) is 7.56. The van der Waals surface area contributed by atoms with Crippen molar-refractivity contribution in [1.82, 2.24) is 19.9 Å². The molecule has 3 rings (SSSR count). The number of nitrogens with zero attached hydrogens (tertiary/aromatic N) is 3. The summed E-state index contributed by atoms with van der Waals surface area (Å²) in [6.45, 7) is 10.2. The Morgan fingerprint density at radius 3 is 2.96 bits per heavy atom. The maximum Gasteiger partial charge on any atom is 0.119 e. The predicted octanol–water partition coefficient (Wildman–Crippen LogP) is 3.45. The van der Waals surface area contributed by atoms with Crippen molar-refractivity contribution >= 4 is 11.3 Å². The van der Waals surface area contributed by atoms with Gasteiger partial charge in [-0.05, 0) is 12.8 Å². The van der Waals surface area contributed by atoms with E-state index in [0.717, 1.165) is 30.3 Å². The topological polar surface area (TPSA) is 52.0 Å². The number of thiazole rings is 1. The first-order chi connectivity index (χ1) is 11.5. The third kappa shape index (κ3) is 4.05. The molecule has 2 aromatic heterocycles. The maximum absolute atomic E-state index is 5.13. The normalized spacial score (nSPS) is 17.9. The van der Waals surface area contributed by atoms with Crippen LogP contribution in [-0.4, -0.2) is 28.2 Å². The summed E-state index contributed by atoms with van der Waals surface area (Å²) in [7, 11) is 1.70. The zero-order valence-corrected chi connectivity index (χ0v) is 15.9. The van der Waals surface area contributed by atoms with Crippen molar-refractivity contribution in [1.29, 1.82) is 0 Å². The Labute approximate surface area is 148 Å². The van der Waals surface area contributed by atoms with Crippen LogP contribution in [-0.2, 0) is 29.8 Å². The molecule has 132 valence electrons. The van der Waals surface area contributed by atoms with Gasteiger partial charge in [-0.15, -0.1) is 11.3 Å². The average molecular weight is 349 g/mol. The summed E-state index contributed by atoms with van der Waals surface area (Å²) in [4.78, 5) is 9.52. The fourth-order valence-electron chi connectivity index (χ4n) is 3.12. The first kappa shape index (κ1) is 17.6. The van der Waals surface area contributed by atoms with E-state index >= 15 is 0 Å². The number of aromatic nitrogens is 3. The van der Waals surface area contributed by atoms with Gasteiger partial charge >= 0.3 is 0 Å². The van der Waals surface area contributed by atoms with Crippen LogP contribution in [0.5, 0.6) is 0 Å². The summed E-state index contributed by atoms with van der Waals surface area (Å²) in [6.07, 6.45) is 4.69. The standard InChI is InChI=1S/C18H28N4OS/c1-18(2,3)15-10-22-7-5-6-13(17(22)21-15)8-19-9-14-12-24-16(20-14)11-23-4/h10,12-13,19H,5-9,11H2,1-4H3/t13-/m1/s1. The van der Waals surface area contributed by atoms with Crippen LogP contribution in [0.3, 0.4) is 0 Å². The molecule has 1 aliphatic rings. The molecule has 0 radical (unpaired) electrons. The van der Waals surface area contributed by atoms with Gasteiger partial charge in [-0.25, -0.2) is 9.97 Å². The van der Waals surface area contributed by atoms with Gasteiger partial charge in [0, 0.05) is 49.7 Å². The number of nitrogens with one attached hydrogen (secondary N) is 1. The molecule has 24 heavy (non-hydrogen) atoms. The Bertz CT molecular complexity index is 671. The van der Waals surface area contributed by atoms with Crippen LogP contribution in [0.15, 0.2) is 11.6 Å². The van der Waals surface area contributed by atoms with Crippen molar-refractivity contribution in [2.24, 2.45) is 0 Å². The summed E-state index contributed by atoms with van der Waals surface area (Å²) in [5.74, 6) is 1.74. The number of hydrogen-bond acceptors (Lipinski definition) is 5. The number of imidazole rings is 1. The molecule has 0 fully saturated rings. The highest BCUT2D eigenvalue weighted by Crippen LogP contribution is 2.30. The minimum Gasteiger partial charge on any atom is -0.378 e. The van der Waals surface area contributed by atoms with Crippen molar-refractivity contribution in [2.45, 2.75) is 64.6 Å². The zero-order chi connectivity index (χ0) is 17.2. The van der Waals surface area contributed by atoms with E-state index in [2.05, 4.69) is 47.2 Å². The van der Waals surface area contributed by atoms with Gasteiger partial charge in [-0.3, -0.25) is 0 Å². The second-order valence-corrected chi connectivity index (χ2v) is 8.51. The highest BCUT2D eigenvalue weighted by Gasteiger charge is 2.26. The molecule has 0 bridgehead atoms. The summed E-state index contributed by atoms with van der Waals surface area (Å²) < 4.78 is 7.48. The summed E-state index contributed by atoms with van der Waals surface area (Å²) in [6, 6.07) is 0. The quantitative estimate of drug-likeness (QED) is 0.869. The van der Waals surface area contributed by atoms with E-state index in [1.807, 2.05) is 0 Å². The molecule has 0 aromatic carbocycles. The highest BCUT2D eigenvalue weighted by molar-refractivity contribution is 7.09. The molecular formula is C18H28N4OS. The molecule has 1 N–H and O–H groups in total. The lowest BCUT2D eigenvalue weighted by molar-refractivity contribution is 0.184. The Morgan fingerprint density at radius 1 is 1.38 bits per heavy atom.